The van der Waals surface area contributed by atoms with Crippen molar-refractivity contribution >= 4 is 0 Å². The van der Waals surface area contributed by atoms with Gasteiger partial charge in [-0.3, -0.25) is 0 Å². The van der Waals surface area contributed by atoms with E-state index in [1.807, 2.05) is 0 Å². The lowest BCUT2D eigenvalue weighted by atomic mass is 10.2. The van der Waals surface area contributed by atoms with E-state index in [1.165, 1.54) is 12.2 Å². The Labute approximate surface area is 132 Å². The van der Waals surface area contributed by atoms with Gasteiger partial charge >= 0.3 is 17.1 Å². The van der Waals surface area contributed by atoms with Gasteiger partial charge in [0.2, 0.25) is 0 Å². The van der Waals surface area contributed by atoms with Crippen LogP contribution in [0, 0.1) is 0 Å². The van der Waals surface area contributed by atoms with Gasteiger partial charge < -0.3 is 0 Å². The Morgan fingerprint density at radius 1 is 0.913 bits per heavy atom. The fourth-order valence-electron chi connectivity index (χ4n) is 2.12. The molecule has 0 aromatic carbocycles. The standard InChI is InChI=1S/C14H20N6O3/c1-3-9-18-12(21)19(10-4-2)14(23)20(13(18)22)11-7-5-6-8-16-17-15/h3-4H,1-2,5-11H2. The van der Waals surface area contributed by atoms with Crippen LogP contribution in [0.4, 0.5) is 0 Å². The predicted octanol–water partition coefficient (Wildman–Crippen LogP) is 1.02. The van der Waals surface area contributed by atoms with Crippen molar-refractivity contribution in [3.8, 4) is 0 Å². The Morgan fingerprint density at radius 3 is 1.91 bits per heavy atom. The van der Waals surface area contributed by atoms with Crippen molar-refractivity contribution in [3.63, 3.8) is 0 Å². The largest absolute Gasteiger partial charge is 0.336 e. The average Bonchev–Trinajstić information content (AvgIpc) is 2.54. The molecule has 23 heavy (non-hydrogen) atoms. The zero-order valence-electron chi connectivity index (χ0n) is 12.9. The second-order valence-corrected chi connectivity index (χ2v) is 4.81. The highest BCUT2D eigenvalue weighted by molar-refractivity contribution is 4.84. The number of aromatic nitrogens is 3. The summed E-state index contributed by atoms with van der Waals surface area (Å²) in [7, 11) is 0. The third-order valence-electron chi connectivity index (χ3n) is 3.21. The van der Waals surface area contributed by atoms with Gasteiger partial charge in [-0.1, -0.05) is 23.7 Å². The molecule has 1 rings (SSSR count). The maximum atomic E-state index is 12.3. The van der Waals surface area contributed by atoms with Gasteiger partial charge in [0.05, 0.1) is 13.1 Å². The Morgan fingerprint density at radius 2 is 1.43 bits per heavy atom. The third kappa shape index (κ3) is 4.58. The van der Waals surface area contributed by atoms with Crippen molar-refractivity contribution in [1.82, 2.24) is 13.7 Å². The summed E-state index contributed by atoms with van der Waals surface area (Å²) in [6.45, 7) is 7.67. The molecule has 0 radical (unpaired) electrons. The number of azide groups is 1. The van der Waals surface area contributed by atoms with E-state index >= 15 is 0 Å². The maximum Gasteiger partial charge on any atom is 0.336 e. The molecule has 0 aliphatic carbocycles. The van der Waals surface area contributed by atoms with Crippen molar-refractivity contribution in [2.75, 3.05) is 6.54 Å². The molecule has 0 N–H and O–H groups in total. The molecule has 1 heterocycles. The zero-order valence-corrected chi connectivity index (χ0v) is 12.9. The first kappa shape index (κ1) is 18.2. The van der Waals surface area contributed by atoms with Crippen LogP contribution in [0.1, 0.15) is 19.3 Å². The Hall–Kier alpha value is -2.80. The lowest BCUT2D eigenvalue weighted by Crippen LogP contribution is -2.54. The summed E-state index contributed by atoms with van der Waals surface area (Å²) >= 11 is 0. The lowest BCUT2D eigenvalue weighted by molar-refractivity contribution is 0.461. The summed E-state index contributed by atoms with van der Waals surface area (Å²) in [5.41, 5.74) is 6.23. The normalized spacial score (nSPS) is 10.1. The Balaban J connectivity index is 3.10. The smallest absolute Gasteiger partial charge is 0.247 e. The molecule has 9 nitrogen and oxygen atoms in total. The van der Waals surface area contributed by atoms with Crippen molar-refractivity contribution in [2.45, 2.75) is 38.9 Å². The molecular formula is C14H20N6O3. The molecule has 124 valence electrons. The molecule has 1 aromatic rings. The first-order valence-corrected chi connectivity index (χ1v) is 7.25. The number of hydrogen-bond acceptors (Lipinski definition) is 4. The van der Waals surface area contributed by atoms with Crippen molar-refractivity contribution in [1.29, 1.82) is 0 Å². The molecule has 0 fully saturated rings. The van der Waals surface area contributed by atoms with Crippen LogP contribution < -0.4 is 17.1 Å². The maximum absolute atomic E-state index is 12.3. The van der Waals surface area contributed by atoms with Crippen molar-refractivity contribution in [2.24, 2.45) is 5.11 Å². The predicted molar refractivity (Wildman–Crippen MR) is 87.5 cm³/mol. The van der Waals surface area contributed by atoms with E-state index in [2.05, 4.69) is 23.2 Å². The molecular weight excluding hydrogens is 300 g/mol. The minimum atomic E-state index is -0.667. The van der Waals surface area contributed by atoms with Crippen LogP contribution in [-0.2, 0) is 19.6 Å². The number of hydrogen-bond donors (Lipinski definition) is 0. The summed E-state index contributed by atoms with van der Waals surface area (Å²) in [5.74, 6) is 0. The summed E-state index contributed by atoms with van der Waals surface area (Å²) in [6.07, 6.45) is 4.79. The van der Waals surface area contributed by atoms with E-state index in [1.54, 1.807) is 0 Å². The number of nitrogens with zero attached hydrogens (tertiary/aromatic N) is 6. The average molecular weight is 320 g/mol. The molecule has 0 unspecified atom stereocenters. The van der Waals surface area contributed by atoms with Gasteiger partial charge in [-0.05, 0) is 18.4 Å². The van der Waals surface area contributed by atoms with Crippen LogP contribution in [0.5, 0.6) is 0 Å². The van der Waals surface area contributed by atoms with Gasteiger partial charge in [0.1, 0.15) is 0 Å². The van der Waals surface area contributed by atoms with Gasteiger partial charge in [-0.2, -0.15) is 0 Å². The number of unbranched alkanes of at least 4 members (excludes halogenated alkanes) is 2. The molecule has 0 saturated heterocycles. The van der Waals surface area contributed by atoms with Gasteiger partial charge in [-0.15, -0.1) is 13.2 Å². The van der Waals surface area contributed by atoms with Crippen molar-refractivity contribution in [3.05, 3.63) is 67.2 Å². The zero-order chi connectivity index (χ0) is 17.2. The molecule has 0 spiro atoms. The number of rotatable bonds is 10. The molecule has 1 aromatic heterocycles. The monoisotopic (exact) mass is 320 g/mol. The molecule has 9 heteroatoms. The second kappa shape index (κ2) is 9.26. The molecule has 0 saturated carbocycles. The van der Waals surface area contributed by atoms with E-state index in [0.717, 1.165) is 13.7 Å². The van der Waals surface area contributed by atoms with Crippen LogP contribution in [0.25, 0.3) is 10.4 Å². The van der Waals surface area contributed by atoms with E-state index in [0.29, 0.717) is 25.8 Å². The van der Waals surface area contributed by atoms with Gasteiger partial charge in [0, 0.05) is 18.0 Å². The van der Waals surface area contributed by atoms with Gasteiger partial charge in [-0.25, -0.2) is 28.1 Å². The van der Waals surface area contributed by atoms with Crippen LogP contribution in [0.3, 0.4) is 0 Å². The molecule has 0 amide bonds. The minimum absolute atomic E-state index is 0.0337. The Bertz CT molecular complexity index is 731. The number of allylic oxidation sites excluding steroid dienone is 2. The topological polar surface area (TPSA) is 115 Å². The first-order chi connectivity index (χ1) is 11.1. The molecule has 0 aliphatic heterocycles. The summed E-state index contributed by atoms with van der Waals surface area (Å²) in [6, 6.07) is 0. The highest BCUT2D eigenvalue weighted by atomic mass is 16.2. The highest BCUT2D eigenvalue weighted by Crippen LogP contribution is 1.97. The minimum Gasteiger partial charge on any atom is -0.247 e. The first-order valence-electron chi connectivity index (χ1n) is 7.25. The lowest BCUT2D eigenvalue weighted by Gasteiger charge is -2.11. The van der Waals surface area contributed by atoms with E-state index < -0.39 is 17.1 Å². The summed E-state index contributed by atoms with van der Waals surface area (Å²) in [4.78, 5) is 39.4. The van der Waals surface area contributed by atoms with E-state index in [4.69, 9.17) is 5.53 Å². The van der Waals surface area contributed by atoms with Crippen LogP contribution >= 0.6 is 0 Å². The molecule has 0 aliphatic rings. The third-order valence-corrected chi connectivity index (χ3v) is 3.21. The SMILES string of the molecule is C=CCn1c(=O)n(CC=C)c(=O)n(CCCCCN=[N+]=[N-])c1=O. The summed E-state index contributed by atoms with van der Waals surface area (Å²) in [5, 5.41) is 3.42. The van der Waals surface area contributed by atoms with E-state index in [9.17, 15) is 14.4 Å². The van der Waals surface area contributed by atoms with E-state index in [-0.39, 0.29) is 19.6 Å². The second-order valence-electron chi connectivity index (χ2n) is 4.81. The van der Waals surface area contributed by atoms with Crippen LogP contribution in [0.2, 0.25) is 0 Å². The fourth-order valence-corrected chi connectivity index (χ4v) is 2.12. The molecule has 0 atom stereocenters. The van der Waals surface area contributed by atoms with Crippen LogP contribution in [-0.4, -0.2) is 20.2 Å². The van der Waals surface area contributed by atoms with Crippen LogP contribution in [0.15, 0.2) is 44.8 Å². The van der Waals surface area contributed by atoms with Crippen molar-refractivity contribution < 1.29 is 0 Å². The summed E-state index contributed by atoms with van der Waals surface area (Å²) < 4.78 is 2.98. The van der Waals surface area contributed by atoms with Gasteiger partial charge in [0.25, 0.3) is 0 Å². The van der Waals surface area contributed by atoms with Gasteiger partial charge in [0.15, 0.2) is 0 Å². The fraction of sp³-hybridized carbons (Fsp3) is 0.500. The quantitative estimate of drug-likeness (QED) is 0.211. The Kier molecular flexibility index (Phi) is 7.35. The highest BCUT2D eigenvalue weighted by Gasteiger charge is 2.13. The molecule has 0 bridgehead atoms.